The SMILES string of the molecule is COCCNC(=O)CNCc1nnnn1-c1ccccc1. The molecule has 0 unspecified atom stereocenters. The molecule has 0 atom stereocenters. The van der Waals surface area contributed by atoms with Crippen molar-refractivity contribution in [3.63, 3.8) is 0 Å². The highest BCUT2D eigenvalue weighted by molar-refractivity contribution is 5.77. The highest BCUT2D eigenvalue weighted by Gasteiger charge is 2.08. The highest BCUT2D eigenvalue weighted by Crippen LogP contribution is 2.06. The second-order valence-corrected chi connectivity index (χ2v) is 4.29. The van der Waals surface area contributed by atoms with Gasteiger partial charge in [-0.25, -0.2) is 0 Å². The monoisotopic (exact) mass is 290 g/mol. The number of rotatable bonds is 8. The van der Waals surface area contributed by atoms with Gasteiger partial charge >= 0.3 is 0 Å². The molecule has 8 heteroatoms. The molecule has 0 aliphatic heterocycles. The molecule has 0 fully saturated rings. The van der Waals surface area contributed by atoms with E-state index in [1.165, 1.54) is 0 Å². The van der Waals surface area contributed by atoms with E-state index in [0.29, 0.717) is 25.5 Å². The Bertz CT molecular complexity index is 557. The molecule has 0 radical (unpaired) electrons. The lowest BCUT2D eigenvalue weighted by Gasteiger charge is -2.07. The molecule has 2 N–H and O–H groups in total. The van der Waals surface area contributed by atoms with Crippen molar-refractivity contribution in [2.75, 3.05) is 26.8 Å². The number of carbonyl (C=O) groups is 1. The van der Waals surface area contributed by atoms with Gasteiger partial charge in [0.25, 0.3) is 0 Å². The largest absolute Gasteiger partial charge is 0.383 e. The number of nitrogens with one attached hydrogen (secondary N) is 2. The van der Waals surface area contributed by atoms with Gasteiger partial charge in [0.1, 0.15) is 0 Å². The number of ether oxygens (including phenoxy) is 1. The van der Waals surface area contributed by atoms with Crippen molar-refractivity contribution < 1.29 is 9.53 Å². The summed E-state index contributed by atoms with van der Waals surface area (Å²) < 4.78 is 6.49. The van der Waals surface area contributed by atoms with Gasteiger partial charge < -0.3 is 15.4 Å². The minimum absolute atomic E-state index is 0.0919. The lowest BCUT2D eigenvalue weighted by Crippen LogP contribution is -2.35. The number of amides is 1. The molecule has 1 amide bonds. The maximum absolute atomic E-state index is 11.5. The predicted molar refractivity (Wildman–Crippen MR) is 75.7 cm³/mol. The minimum atomic E-state index is -0.0919. The van der Waals surface area contributed by atoms with Crippen LogP contribution in [0.2, 0.25) is 0 Å². The van der Waals surface area contributed by atoms with Gasteiger partial charge in [0.2, 0.25) is 5.91 Å². The molecule has 0 aliphatic rings. The molecule has 1 aromatic heterocycles. The molecule has 0 saturated heterocycles. The van der Waals surface area contributed by atoms with E-state index in [1.54, 1.807) is 11.8 Å². The maximum Gasteiger partial charge on any atom is 0.234 e. The summed E-state index contributed by atoms with van der Waals surface area (Å²) in [5.41, 5.74) is 0.879. The second kappa shape index (κ2) is 8.08. The van der Waals surface area contributed by atoms with Gasteiger partial charge in [-0.3, -0.25) is 4.79 Å². The quantitative estimate of drug-likeness (QED) is 0.637. The third-order valence-electron chi connectivity index (χ3n) is 2.73. The molecular weight excluding hydrogens is 272 g/mol. The number of hydrogen-bond donors (Lipinski definition) is 2. The number of para-hydroxylation sites is 1. The van der Waals surface area contributed by atoms with Crippen LogP contribution in [0.3, 0.4) is 0 Å². The summed E-state index contributed by atoms with van der Waals surface area (Å²) in [6, 6.07) is 9.58. The first-order chi connectivity index (χ1) is 10.3. The average molecular weight is 290 g/mol. The molecule has 0 aliphatic carbocycles. The Hall–Kier alpha value is -2.32. The van der Waals surface area contributed by atoms with Crippen molar-refractivity contribution >= 4 is 5.91 Å². The number of tetrazole rings is 1. The van der Waals surface area contributed by atoms with Gasteiger partial charge in [0.05, 0.1) is 25.4 Å². The van der Waals surface area contributed by atoms with E-state index in [2.05, 4.69) is 26.2 Å². The zero-order valence-corrected chi connectivity index (χ0v) is 11.8. The van der Waals surface area contributed by atoms with Gasteiger partial charge in [-0.2, -0.15) is 4.68 Å². The summed E-state index contributed by atoms with van der Waals surface area (Å²) in [5.74, 6) is 0.552. The molecule has 2 rings (SSSR count). The fraction of sp³-hybridized carbons (Fsp3) is 0.385. The van der Waals surface area contributed by atoms with Crippen molar-refractivity contribution in [2.45, 2.75) is 6.54 Å². The Morgan fingerprint density at radius 2 is 2.14 bits per heavy atom. The van der Waals surface area contributed by atoms with E-state index in [9.17, 15) is 4.79 Å². The standard InChI is InChI=1S/C13H18N6O2/c1-21-8-7-15-13(20)10-14-9-12-16-17-18-19(12)11-5-3-2-4-6-11/h2-6,14H,7-10H2,1H3,(H,15,20). The van der Waals surface area contributed by atoms with E-state index in [0.717, 1.165) is 5.69 Å². The summed E-state index contributed by atoms with van der Waals surface area (Å²) in [4.78, 5) is 11.5. The first kappa shape index (κ1) is 15.1. The molecule has 0 bridgehead atoms. The maximum atomic E-state index is 11.5. The first-order valence-corrected chi connectivity index (χ1v) is 6.60. The van der Waals surface area contributed by atoms with E-state index in [-0.39, 0.29) is 12.5 Å². The van der Waals surface area contributed by atoms with Gasteiger partial charge in [0, 0.05) is 13.7 Å². The van der Waals surface area contributed by atoms with Crippen LogP contribution < -0.4 is 10.6 Å². The van der Waals surface area contributed by atoms with Crippen LogP contribution >= 0.6 is 0 Å². The van der Waals surface area contributed by atoms with Crippen LogP contribution in [0.1, 0.15) is 5.82 Å². The number of aromatic nitrogens is 4. The molecule has 112 valence electrons. The van der Waals surface area contributed by atoms with E-state index in [1.807, 2.05) is 30.3 Å². The Labute approximate surface area is 122 Å². The Balaban J connectivity index is 1.82. The Morgan fingerprint density at radius 1 is 1.33 bits per heavy atom. The van der Waals surface area contributed by atoms with E-state index < -0.39 is 0 Å². The van der Waals surface area contributed by atoms with Gasteiger partial charge in [0.15, 0.2) is 5.82 Å². The summed E-state index contributed by atoms with van der Waals surface area (Å²) in [5, 5.41) is 17.3. The fourth-order valence-electron chi connectivity index (χ4n) is 1.73. The van der Waals surface area contributed by atoms with Crippen LogP contribution in [-0.2, 0) is 16.1 Å². The van der Waals surface area contributed by atoms with Gasteiger partial charge in [-0.05, 0) is 22.6 Å². The Morgan fingerprint density at radius 3 is 2.90 bits per heavy atom. The number of hydrogen-bond acceptors (Lipinski definition) is 6. The van der Waals surface area contributed by atoms with Crippen LogP contribution in [0.25, 0.3) is 5.69 Å². The lowest BCUT2D eigenvalue weighted by atomic mass is 10.3. The molecule has 1 aromatic carbocycles. The van der Waals surface area contributed by atoms with Crippen molar-refractivity contribution in [3.8, 4) is 5.69 Å². The fourth-order valence-corrected chi connectivity index (χ4v) is 1.73. The number of methoxy groups -OCH3 is 1. The number of nitrogens with zero attached hydrogens (tertiary/aromatic N) is 4. The molecule has 8 nitrogen and oxygen atoms in total. The average Bonchev–Trinajstić information content (AvgIpc) is 2.97. The van der Waals surface area contributed by atoms with Crippen LogP contribution in [0.4, 0.5) is 0 Å². The summed E-state index contributed by atoms with van der Waals surface area (Å²) in [6.45, 7) is 1.60. The van der Waals surface area contributed by atoms with E-state index in [4.69, 9.17) is 4.74 Å². The van der Waals surface area contributed by atoms with Gasteiger partial charge in [-0.15, -0.1) is 5.10 Å². The van der Waals surface area contributed by atoms with Crippen molar-refractivity contribution in [1.82, 2.24) is 30.8 Å². The zero-order chi connectivity index (χ0) is 14.9. The second-order valence-electron chi connectivity index (χ2n) is 4.29. The third-order valence-corrected chi connectivity index (χ3v) is 2.73. The molecule has 0 saturated carbocycles. The number of benzene rings is 1. The molecule has 1 heterocycles. The number of carbonyl (C=O) groups excluding carboxylic acids is 1. The van der Waals surface area contributed by atoms with Crippen molar-refractivity contribution in [3.05, 3.63) is 36.2 Å². The van der Waals surface area contributed by atoms with Crippen LogP contribution in [0.15, 0.2) is 30.3 Å². The zero-order valence-electron chi connectivity index (χ0n) is 11.8. The normalized spacial score (nSPS) is 10.5. The van der Waals surface area contributed by atoms with E-state index >= 15 is 0 Å². The molecule has 0 spiro atoms. The smallest absolute Gasteiger partial charge is 0.234 e. The molecule has 2 aromatic rings. The Kier molecular flexibility index (Phi) is 5.80. The highest BCUT2D eigenvalue weighted by atomic mass is 16.5. The van der Waals surface area contributed by atoms with Crippen molar-refractivity contribution in [2.24, 2.45) is 0 Å². The summed E-state index contributed by atoms with van der Waals surface area (Å²) >= 11 is 0. The summed E-state index contributed by atoms with van der Waals surface area (Å²) in [7, 11) is 1.59. The topological polar surface area (TPSA) is 94.0 Å². The minimum Gasteiger partial charge on any atom is -0.383 e. The van der Waals surface area contributed by atoms with Crippen molar-refractivity contribution in [1.29, 1.82) is 0 Å². The van der Waals surface area contributed by atoms with Crippen LogP contribution in [-0.4, -0.2) is 52.9 Å². The first-order valence-electron chi connectivity index (χ1n) is 6.60. The van der Waals surface area contributed by atoms with Crippen LogP contribution in [0.5, 0.6) is 0 Å². The predicted octanol–water partition coefficient (Wildman–Crippen LogP) is -0.485. The third kappa shape index (κ3) is 4.62. The molecular formula is C13H18N6O2. The van der Waals surface area contributed by atoms with Gasteiger partial charge in [-0.1, -0.05) is 18.2 Å². The molecule has 21 heavy (non-hydrogen) atoms. The summed E-state index contributed by atoms with van der Waals surface area (Å²) in [6.07, 6.45) is 0. The van der Waals surface area contributed by atoms with Crippen LogP contribution in [0, 0.1) is 0 Å². The lowest BCUT2D eigenvalue weighted by molar-refractivity contribution is -0.120.